The van der Waals surface area contributed by atoms with Crippen LogP contribution >= 0.6 is 0 Å². The molecule has 0 bridgehead atoms. The summed E-state index contributed by atoms with van der Waals surface area (Å²) in [6, 6.07) is 0. The molecule has 1 atom stereocenters. The first kappa shape index (κ1) is 12.0. The van der Waals surface area contributed by atoms with Gasteiger partial charge in [-0.05, 0) is 19.3 Å². The number of ketones is 1. The third-order valence-electron chi connectivity index (χ3n) is 2.93. The van der Waals surface area contributed by atoms with Crippen molar-refractivity contribution in [2.24, 2.45) is 18.9 Å². The first-order valence-corrected chi connectivity index (χ1v) is 5.49. The zero-order valence-electron chi connectivity index (χ0n) is 10.0. The topological polar surface area (TPSA) is 34.9 Å². The van der Waals surface area contributed by atoms with Crippen LogP contribution in [-0.2, 0) is 18.3 Å². The average Bonchev–Trinajstić information content (AvgIpc) is 2.51. The lowest BCUT2D eigenvalue weighted by Gasteiger charge is -2.17. The number of Topliss-reactive ketones (excluding diaryl/α,β-unsaturated/α-hetero) is 1. The molecule has 0 aromatic carbocycles. The molecule has 0 radical (unpaired) electrons. The summed E-state index contributed by atoms with van der Waals surface area (Å²) in [5, 5.41) is 0. The van der Waals surface area contributed by atoms with Crippen LogP contribution in [0.3, 0.4) is 0 Å². The molecule has 0 saturated carbocycles. The van der Waals surface area contributed by atoms with E-state index in [0.29, 0.717) is 11.7 Å². The van der Waals surface area contributed by atoms with Gasteiger partial charge in [0.15, 0.2) is 0 Å². The lowest BCUT2D eigenvalue weighted by molar-refractivity contribution is -0.122. The number of aryl methyl sites for hydroxylation is 2. The maximum absolute atomic E-state index is 11.4. The van der Waals surface area contributed by atoms with Crippen LogP contribution in [-0.4, -0.2) is 15.3 Å². The molecule has 1 aromatic rings. The molecular weight excluding hydrogens is 188 g/mol. The van der Waals surface area contributed by atoms with Crippen molar-refractivity contribution in [2.75, 3.05) is 0 Å². The molecule has 0 fully saturated rings. The highest BCUT2D eigenvalue weighted by atomic mass is 16.1. The molecule has 84 valence electrons. The smallest absolute Gasteiger partial charge is 0.133 e. The Morgan fingerprint density at radius 1 is 1.53 bits per heavy atom. The van der Waals surface area contributed by atoms with E-state index in [2.05, 4.69) is 18.8 Å². The minimum absolute atomic E-state index is 0.168. The normalized spacial score (nSPS) is 13.1. The van der Waals surface area contributed by atoms with E-state index in [0.717, 1.165) is 18.7 Å². The summed E-state index contributed by atoms with van der Waals surface area (Å²) in [6.45, 7) is 5.89. The molecule has 0 saturated heterocycles. The van der Waals surface area contributed by atoms with Crippen LogP contribution < -0.4 is 0 Å². The van der Waals surface area contributed by atoms with Crippen LogP contribution in [0.1, 0.15) is 33.0 Å². The van der Waals surface area contributed by atoms with E-state index in [1.54, 1.807) is 13.1 Å². The molecule has 1 rings (SSSR count). The molecule has 0 N–H and O–H groups in total. The molecule has 15 heavy (non-hydrogen) atoms. The summed E-state index contributed by atoms with van der Waals surface area (Å²) >= 11 is 0. The van der Waals surface area contributed by atoms with Crippen molar-refractivity contribution in [3.63, 3.8) is 0 Å². The van der Waals surface area contributed by atoms with Crippen molar-refractivity contribution in [1.82, 2.24) is 9.55 Å². The van der Waals surface area contributed by atoms with Gasteiger partial charge in [-0.1, -0.05) is 13.8 Å². The number of carbonyl (C=O) groups excluding carboxylic acids is 1. The van der Waals surface area contributed by atoms with Gasteiger partial charge in [-0.2, -0.15) is 0 Å². The van der Waals surface area contributed by atoms with Gasteiger partial charge in [-0.25, -0.2) is 4.98 Å². The van der Waals surface area contributed by atoms with Crippen molar-refractivity contribution in [2.45, 2.75) is 33.6 Å². The van der Waals surface area contributed by atoms with Gasteiger partial charge in [0, 0.05) is 31.8 Å². The fraction of sp³-hybridized carbons (Fsp3) is 0.667. The van der Waals surface area contributed by atoms with E-state index < -0.39 is 0 Å². The first-order valence-electron chi connectivity index (χ1n) is 5.49. The molecule has 3 heteroatoms. The summed E-state index contributed by atoms with van der Waals surface area (Å²) in [7, 11) is 1.99. The van der Waals surface area contributed by atoms with E-state index in [-0.39, 0.29) is 5.92 Å². The van der Waals surface area contributed by atoms with Crippen molar-refractivity contribution in [3.8, 4) is 0 Å². The highest BCUT2D eigenvalue weighted by molar-refractivity contribution is 5.78. The Bertz CT molecular complexity index is 328. The zero-order chi connectivity index (χ0) is 11.4. The molecule has 1 aromatic heterocycles. The second-order valence-corrected chi connectivity index (χ2v) is 4.45. The second kappa shape index (κ2) is 5.10. The number of carbonyl (C=O) groups is 1. The fourth-order valence-electron chi connectivity index (χ4n) is 1.93. The SMILES string of the molecule is CC(=O)C(CCc1nccn1C)C(C)C. The standard InChI is InChI=1S/C12H20N2O/c1-9(2)11(10(3)15)5-6-12-13-7-8-14(12)4/h7-9,11H,5-6H2,1-4H3. The number of hydrogen-bond acceptors (Lipinski definition) is 2. The molecular formula is C12H20N2O. The minimum atomic E-state index is 0.168. The highest BCUT2D eigenvalue weighted by Crippen LogP contribution is 2.18. The molecule has 0 amide bonds. The predicted octanol–water partition coefficient (Wildman–Crippen LogP) is 2.21. The molecule has 0 aliphatic rings. The maximum atomic E-state index is 11.4. The summed E-state index contributed by atoms with van der Waals surface area (Å²) in [5.41, 5.74) is 0. The number of hydrogen-bond donors (Lipinski definition) is 0. The van der Waals surface area contributed by atoms with E-state index >= 15 is 0 Å². The van der Waals surface area contributed by atoms with Crippen LogP contribution in [0.25, 0.3) is 0 Å². The Hall–Kier alpha value is -1.12. The van der Waals surface area contributed by atoms with Gasteiger partial charge in [-0.3, -0.25) is 4.79 Å². The number of nitrogens with zero attached hydrogens (tertiary/aromatic N) is 2. The zero-order valence-corrected chi connectivity index (χ0v) is 10.0. The Balaban J connectivity index is 2.55. The molecule has 1 heterocycles. The van der Waals surface area contributed by atoms with Crippen LogP contribution in [0.2, 0.25) is 0 Å². The van der Waals surface area contributed by atoms with Gasteiger partial charge in [-0.15, -0.1) is 0 Å². The number of aromatic nitrogens is 2. The maximum Gasteiger partial charge on any atom is 0.133 e. The fourth-order valence-corrected chi connectivity index (χ4v) is 1.93. The Kier molecular flexibility index (Phi) is 4.06. The van der Waals surface area contributed by atoms with Crippen LogP contribution in [0, 0.1) is 11.8 Å². The first-order chi connectivity index (χ1) is 7.02. The summed E-state index contributed by atoms with van der Waals surface area (Å²) in [5.74, 6) is 1.94. The van der Waals surface area contributed by atoms with Gasteiger partial charge in [0.2, 0.25) is 0 Å². The monoisotopic (exact) mass is 208 g/mol. The van der Waals surface area contributed by atoms with E-state index in [1.807, 2.05) is 17.8 Å². The van der Waals surface area contributed by atoms with Crippen molar-refractivity contribution in [3.05, 3.63) is 18.2 Å². The van der Waals surface area contributed by atoms with Crippen LogP contribution in [0.5, 0.6) is 0 Å². The van der Waals surface area contributed by atoms with Gasteiger partial charge < -0.3 is 4.57 Å². The lowest BCUT2D eigenvalue weighted by Crippen LogP contribution is -2.18. The average molecular weight is 208 g/mol. The van der Waals surface area contributed by atoms with Crippen molar-refractivity contribution in [1.29, 1.82) is 0 Å². The second-order valence-electron chi connectivity index (χ2n) is 4.45. The summed E-state index contributed by atoms with van der Waals surface area (Å²) < 4.78 is 2.01. The van der Waals surface area contributed by atoms with Gasteiger partial charge in [0.05, 0.1) is 0 Å². The largest absolute Gasteiger partial charge is 0.338 e. The van der Waals surface area contributed by atoms with Crippen LogP contribution in [0.15, 0.2) is 12.4 Å². The van der Waals surface area contributed by atoms with Crippen molar-refractivity contribution >= 4 is 5.78 Å². The molecule has 1 unspecified atom stereocenters. The minimum Gasteiger partial charge on any atom is -0.338 e. The Morgan fingerprint density at radius 2 is 2.20 bits per heavy atom. The lowest BCUT2D eigenvalue weighted by atomic mass is 9.88. The van der Waals surface area contributed by atoms with E-state index in [1.165, 1.54) is 0 Å². The third kappa shape index (κ3) is 3.18. The number of rotatable bonds is 5. The molecule has 0 aliphatic carbocycles. The quantitative estimate of drug-likeness (QED) is 0.743. The van der Waals surface area contributed by atoms with Crippen molar-refractivity contribution < 1.29 is 4.79 Å². The number of imidazole rings is 1. The highest BCUT2D eigenvalue weighted by Gasteiger charge is 2.18. The van der Waals surface area contributed by atoms with E-state index in [9.17, 15) is 4.79 Å². The van der Waals surface area contributed by atoms with Gasteiger partial charge >= 0.3 is 0 Å². The van der Waals surface area contributed by atoms with Gasteiger partial charge in [0.1, 0.15) is 11.6 Å². The molecule has 0 aliphatic heterocycles. The van der Waals surface area contributed by atoms with Crippen LogP contribution in [0.4, 0.5) is 0 Å². The predicted molar refractivity (Wildman–Crippen MR) is 60.5 cm³/mol. The Morgan fingerprint density at radius 3 is 2.60 bits per heavy atom. The summed E-state index contributed by atoms with van der Waals surface area (Å²) in [4.78, 5) is 15.7. The van der Waals surface area contributed by atoms with E-state index in [4.69, 9.17) is 0 Å². The third-order valence-corrected chi connectivity index (χ3v) is 2.93. The Labute approximate surface area is 91.5 Å². The summed E-state index contributed by atoms with van der Waals surface area (Å²) in [6.07, 6.45) is 5.52. The molecule has 0 spiro atoms. The molecule has 3 nitrogen and oxygen atoms in total. The van der Waals surface area contributed by atoms with Gasteiger partial charge in [0.25, 0.3) is 0 Å².